The van der Waals surface area contributed by atoms with Gasteiger partial charge in [0.1, 0.15) is 4.21 Å². The minimum atomic E-state index is -3.44. The third-order valence-electron chi connectivity index (χ3n) is 6.52. The Balaban J connectivity index is 1.30. The van der Waals surface area contributed by atoms with Gasteiger partial charge in [0.25, 0.3) is 10.0 Å². The Morgan fingerprint density at radius 2 is 1.50 bits per heavy atom. The monoisotopic (exact) mass is 453 g/mol. The van der Waals surface area contributed by atoms with Crippen LogP contribution in [0.2, 0.25) is 0 Å². The maximum absolute atomic E-state index is 12.8. The van der Waals surface area contributed by atoms with E-state index in [2.05, 4.69) is 0 Å². The highest BCUT2D eigenvalue weighted by Crippen LogP contribution is 2.28. The number of piperidine rings is 1. The van der Waals surface area contributed by atoms with E-state index >= 15 is 0 Å². The Bertz CT molecular complexity index is 863. The molecule has 0 spiro atoms. The average Bonchev–Trinajstić information content (AvgIpc) is 3.47. The van der Waals surface area contributed by atoms with Crippen LogP contribution in [0.1, 0.15) is 49.8 Å². The molecule has 0 atom stereocenters. The third-order valence-corrected chi connectivity index (χ3v) is 9.97. The lowest BCUT2D eigenvalue weighted by Crippen LogP contribution is -2.52. The number of rotatable bonds is 5. The Labute approximate surface area is 183 Å². The number of thiophene rings is 1. The smallest absolute Gasteiger partial charge is 0.252 e. The minimum Gasteiger partial charge on any atom is -0.339 e. The van der Waals surface area contributed by atoms with Gasteiger partial charge in [0.15, 0.2) is 0 Å². The molecule has 1 saturated carbocycles. The van der Waals surface area contributed by atoms with Crippen molar-refractivity contribution >= 4 is 33.2 Å². The molecule has 3 fully saturated rings. The number of piperazine rings is 1. The molecule has 0 N–H and O–H groups in total. The van der Waals surface area contributed by atoms with Crippen LogP contribution in [-0.2, 0) is 26.0 Å². The van der Waals surface area contributed by atoms with Crippen LogP contribution in [0.15, 0.2) is 16.3 Å². The van der Waals surface area contributed by atoms with Crippen LogP contribution in [0.25, 0.3) is 0 Å². The molecular formula is C21H31N3O4S2. The fourth-order valence-corrected chi connectivity index (χ4v) is 7.71. The van der Waals surface area contributed by atoms with Crippen molar-refractivity contribution < 1.29 is 18.0 Å². The molecule has 4 rings (SSSR count). The SMILES string of the molecule is O=C(Cc1ccc(S(=O)(=O)N2CCCCC2)s1)N1CCN(C(=O)C2CCCC2)CC1. The summed E-state index contributed by atoms with van der Waals surface area (Å²) in [6.07, 6.45) is 7.40. The van der Waals surface area contributed by atoms with Crippen molar-refractivity contribution in [3.8, 4) is 0 Å². The zero-order valence-corrected chi connectivity index (χ0v) is 19.1. The van der Waals surface area contributed by atoms with Gasteiger partial charge < -0.3 is 9.80 Å². The highest BCUT2D eigenvalue weighted by molar-refractivity contribution is 7.91. The number of sulfonamides is 1. The highest BCUT2D eigenvalue weighted by atomic mass is 32.2. The van der Waals surface area contributed by atoms with Crippen LogP contribution in [0.5, 0.6) is 0 Å². The zero-order valence-electron chi connectivity index (χ0n) is 17.4. The summed E-state index contributed by atoms with van der Waals surface area (Å²) in [5, 5.41) is 0. The van der Waals surface area contributed by atoms with Gasteiger partial charge >= 0.3 is 0 Å². The summed E-state index contributed by atoms with van der Waals surface area (Å²) in [4.78, 5) is 29.8. The predicted octanol–water partition coefficient (Wildman–Crippen LogP) is 2.33. The lowest BCUT2D eigenvalue weighted by atomic mass is 10.1. The first-order valence-electron chi connectivity index (χ1n) is 11.1. The quantitative estimate of drug-likeness (QED) is 0.686. The summed E-state index contributed by atoms with van der Waals surface area (Å²) in [5.41, 5.74) is 0. The molecule has 1 aromatic heterocycles. The number of amides is 2. The molecule has 0 bridgehead atoms. The molecule has 3 aliphatic rings. The molecule has 3 heterocycles. The number of hydrogen-bond acceptors (Lipinski definition) is 5. The summed E-state index contributed by atoms with van der Waals surface area (Å²) in [6.45, 7) is 3.47. The predicted molar refractivity (Wildman–Crippen MR) is 116 cm³/mol. The van der Waals surface area contributed by atoms with E-state index in [0.717, 1.165) is 49.8 Å². The van der Waals surface area contributed by atoms with Gasteiger partial charge in [-0.3, -0.25) is 9.59 Å². The van der Waals surface area contributed by atoms with Crippen LogP contribution < -0.4 is 0 Å². The number of carbonyl (C=O) groups excluding carboxylic acids is 2. The van der Waals surface area contributed by atoms with Crippen molar-refractivity contribution in [1.82, 2.24) is 14.1 Å². The summed E-state index contributed by atoms with van der Waals surface area (Å²) < 4.78 is 27.5. The fraction of sp³-hybridized carbons (Fsp3) is 0.714. The average molecular weight is 454 g/mol. The molecule has 0 unspecified atom stereocenters. The van der Waals surface area contributed by atoms with E-state index in [0.29, 0.717) is 43.5 Å². The van der Waals surface area contributed by atoms with Crippen LogP contribution in [0.3, 0.4) is 0 Å². The lowest BCUT2D eigenvalue weighted by molar-refractivity contribution is -0.141. The van der Waals surface area contributed by atoms with Gasteiger partial charge in [-0.2, -0.15) is 4.31 Å². The third kappa shape index (κ3) is 4.73. The van der Waals surface area contributed by atoms with Crippen molar-refractivity contribution in [3.05, 3.63) is 17.0 Å². The van der Waals surface area contributed by atoms with Crippen molar-refractivity contribution in [2.45, 2.75) is 55.6 Å². The highest BCUT2D eigenvalue weighted by Gasteiger charge is 2.31. The van der Waals surface area contributed by atoms with Crippen LogP contribution in [-0.4, -0.2) is 73.6 Å². The summed E-state index contributed by atoms with van der Waals surface area (Å²) in [5.74, 6) is 0.441. The molecule has 2 aliphatic heterocycles. The van der Waals surface area contributed by atoms with E-state index in [1.165, 1.54) is 11.3 Å². The largest absolute Gasteiger partial charge is 0.339 e. The Hall–Kier alpha value is -1.45. The van der Waals surface area contributed by atoms with E-state index < -0.39 is 10.0 Å². The molecule has 1 aliphatic carbocycles. The van der Waals surface area contributed by atoms with Crippen LogP contribution in [0, 0.1) is 5.92 Å². The molecular weight excluding hydrogens is 422 g/mol. The first-order valence-corrected chi connectivity index (χ1v) is 13.4. The van der Waals surface area contributed by atoms with Gasteiger partial charge in [-0.25, -0.2) is 8.42 Å². The number of nitrogens with zero attached hydrogens (tertiary/aromatic N) is 3. The second-order valence-electron chi connectivity index (χ2n) is 8.55. The van der Waals surface area contributed by atoms with Crippen LogP contribution in [0.4, 0.5) is 0 Å². The maximum Gasteiger partial charge on any atom is 0.252 e. The molecule has 7 nitrogen and oxygen atoms in total. The Morgan fingerprint density at radius 3 is 2.17 bits per heavy atom. The van der Waals surface area contributed by atoms with Gasteiger partial charge in [0.2, 0.25) is 11.8 Å². The number of carbonyl (C=O) groups is 2. The maximum atomic E-state index is 12.8. The second kappa shape index (κ2) is 9.36. The van der Waals surface area contributed by atoms with Crippen molar-refractivity contribution in [3.63, 3.8) is 0 Å². The van der Waals surface area contributed by atoms with Gasteiger partial charge in [0, 0.05) is 50.1 Å². The number of hydrogen-bond donors (Lipinski definition) is 0. The van der Waals surface area contributed by atoms with Gasteiger partial charge in [-0.15, -0.1) is 11.3 Å². The first kappa shape index (κ1) is 21.8. The normalized spacial score (nSPS) is 21.9. The molecule has 1 aromatic rings. The van der Waals surface area contributed by atoms with E-state index in [4.69, 9.17) is 0 Å². The topological polar surface area (TPSA) is 78.0 Å². The molecule has 2 saturated heterocycles. The van der Waals surface area contributed by atoms with Crippen molar-refractivity contribution in [2.75, 3.05) is 39.3 Å². The first-order chi connectivity index (χ1) is 14.4. The lowest BCUT2D eigenvalue weighted by Gasteiger charge is -2.36. The standard InChI is InChI=1S/C21H31N3O4S2/c25-19(22-12-14-23(15-13-22)21(26)17-6-2-3-7-17)16-18-8-9-20(29-18)30(27,28)24-10-4-1-5-11-24/h8-9,17H,1-7,10-16H2. The zero-order chi connectivity index (χ0) is 21.1. The Kier molecular flexibility index (Phi) is 6.79. The van der Waals surface area contributed by atoms with Crippen molar-refractivity contribution in [2.24, 2.45) is 5.92 Å². The van der Waals surface area contributed by atoms with E-state index in [1.807, 2.05) is 4.90 Å². The molecule has 166 valence electrons. The van der Waals surface area contributed by atoms with E-state index in [1.54, 1.807) is 21.3 Å². The second-order valence-corrected chi connectivity index (χ2v) is 11.9. The van der Waals surface area contributed by atoms with E-state index in [9.17, 15) is 18.0 Å². The fourth-order valence-electron chi connectivity index (χ4n) is 4.69. The molecule has 0 aromatic carbocycles. The molecule has 30 heavy (non-hydrogen) atoms. The summed E-state index contributed by atoms with van der Waals surface area (Å²) in [6, 6.07) is 3.40. The van der Waals surface area contributed by atoms with Crippen LogP contribution >= 0.6 is 11.3 Å². The minimum absolute atomic E-state index is 0.00624. The Morgan fingerprint density at radius 1 is 0.867 bits per heavy atom. The molecule has 0 radical (unpaired) electrons. The van der Waals surface area contributed by atoms with Gasteiger partial charge in [-0.1, -0.05) is 19.3 Å². The molecule has 9 heteroatoms. The van der Waals surface area contributed by atoms with E-state index in [-0.39, 0.29) is 24.2 Å². The van der Waals surface area contributed by atoms with Gasteiger partial charge in [-0.05, 0) is 37.8 Å². The summed E-state index contributed by atoms with van der Waals surface area (Å²) in [7, 11) is -3.44. The van der Waals surface area contributed by atoms with Gasteiger partial charge in [0.05, 0.1) is 6.42 Å². The summed E-state index contributed by atoms with van der Waals surface area (Å²) >= 11 is 1.21. The van der Waals surface area contributed by atoms with Crippen molar-refractivity contribution in [1.29, 1.82) is 0 Å². The molecule has 2 amide bonds.